The first-order chi connectivity index (χ1) is 13.5. The zero-order chi connectivity index (χ0) is 19.7. The third-order valence-electron chi connectivity index (χ3n) is 4.55. The van der Waals surface area contributed by atoms with E-state index in [9.17, 15) is 4.79 Å². The summed E-state index contributed by atoms with van der Waals surface area (Å²) in [5.41, 5.74) is 5.91. The maximum atomic E-state index is 12.4. The molecule has 1 amide bonds. The van der Waals surface area contributed by atoms with Gasteiger partial charge in [0.2, 0.25) is 0 Å². The first kappa shape index (κ1) is 17.7. The minimum atomic E-state index is -0.147. The molecule has 4 rings (SSSR count). The number of aromatic nitrogens is 3. The maximum Gasteiger partial charge on any atom is 0.255 e. The number of nitrogens with one attached hydrogen (secondary N) is 1. The lowest BCUT2D eigenvalue weighted by molar-refractivity contribution is 0.102. The van der Waals surface area contributed by atoms with Crippen LogP contribution < -0.4 is 10.2 Å². The number of aryl methyl sites for hydroxylation is 1. The monoisotopic (exact) mass is 371 g/mol. The number of anilines is 2. The van der Waals surface area contributed by atoms with Gasteiger partial charge in [0.1, 0.15) is 11.0 Å². The molecule has 0 radical (unpaired) electrons. The van der Waals surface area contributed by atoms with Gasteiger partial charge in [-0.2, -0.15) is 4.80 Å². The highest BCUT2D eigenvalue weighted by Gasteiger charge is 2.09. The Labute approximate surface area is 163 Å². The molecule has 0 fully saturated rings. The first-order valence-corrected chi connectivity index (χ1v) is 9.02. The van der Waals surface area contributed by atoms with Crippen molar-refractivity contribution in [2.24, 2.45) is 0 Å². The molecule has 0 aliphatic heterocycles. The van der Waals surface area contributed by atoms with Crippen LogP contribution >= 0.6 is 0 Å². The number of nitrogens with zero attached hydrogens (tertiary/aromatic N) is 4. The van der Waals surface area contributed by atoms with E-state index in [0.29, 0.717) is 11.3 Å². The minimum Gasteiger partial charge on any atom is -0.378 e. The van der Waals surface area contributed by atoms with Gasteiger partial charge in [-0.05, 0) is 61.5 Å². The number of carbonyl (C=O) groups is 1. The fraction of sp³-hybridized carbons (Fsp3) is 0.136. The molecule has 3 aromatic carbocycles. The maximum absolute atomic E-state index is 12.4. The Balaban J connectivity index is 1.57. The average molecular weight is 371 g/mol. The highest BCUT2D eigenvalue weighted by molar-refractivity contribution is 6.04. The molecule has 6 nitrogen and oxygen atoms in total. The second-order valence-electron chi connectivity index (χ2n) is 6.92. The van der Waals surface area contributed by atoms with E-state index in [2.05, 4.69) is 15.5 Å². The molecule has 1 heterocycles. The van der Waals surface area contributed by atoms with Gasteiger partial charge >= 0.3 is 0 Å². The van der Waals surface area contributed by atoms with Crippen molar-refractivity contribution in [2.45, 2.75) is 6.92 Å². The van der Waals surface area contributed by atoms with E-state index in [1.807, 2.05) is 92.6 Å². The normalized spacial score (nSPS) is 10.8. The number of fused-ring (bicyclic) bond motifs is 1. The van der Waals surface area contributed by atoms with E-state index < -0.39 is 0 Å². The molecule has 0 aliphatic carbocycles. The molecule has 1 N–H and O–H groups in total. The van der Waals surface area contributed by atoms with Gasteiger partial charge in [-0.3, -0.25) is 4.79 Å². The number of hydrogen-bond acceptors (Lipinski definition) is 4. The second-order valence-corrected chi connectivity index (χ2v) is 6.92. The van der Waals surface area contributed by atoms with Crippen molar-refractivity contribution >= 4 is 28.3 Å². The molecule has 0 bridgehead atoms. The number of rotatable bonds is 4. The molecule has 4 aromatic rings. The molecular formula is C22H21N5O. The molecule has 0 aliphatic rings. The Kier molecular flexibility index (Phi) is 4.53. The summed E-state index contributed by atoms with van der Waals surface area (Å²) in [5.74, 6) is -0.147. The van der Waals surface area contributed by atoms with Crippen LogP contribution in [-0.2, 0) is 0 Å². The van der Waals surface area contributed by atoms with Crippen LogP contribution in [0.3, 0.4) is 0 Å². The molecule has 1 aromatic heterocycles. The van der Waals surface area contributed by atoms with Crippen molar-refractivity contribution in [3.63, 3.8) is 0 Å². The summed E-state index contributed by atoms with van der Waals surface area (Å²) in [4.78, 5) is 16.1. The molecular weight excluding hydrogens is 350 g/mol. The van der Waals surface area contributed by atoms with Crippen LogP contribution in [0.2, 0.25) is 0 Å². The summed E-state index contributed by atoms with van der Waals surface area (Å²) >= 11 is 0. The third-order valence-corrected chi connectivity index (χ3v) is 4.55. The van der Waals surface area contributed by atoms with E-state index in [1.54, 1.807) is 4.80 Å². The first-order valence-electron chi connectivity index (χ1n) is 9.02. The van der Waals surface area contributed by atoms with Crippen LogP contribution in [0.25, 0.3) is 16.7 Å². The van der Waals surface area contributed by atoms with Crippen LogP contribution in [0.4, 0.5) is 11.4 Å². The van der Waals surface area contributed by atoms with E-state index in [4.69, 9.17) is 0 Å². The predicted octanol–water partition coefficient (Wildman–Crippen LogP) is 4.05. The number of amides is 1. The SMILES string of the molecule is Cc1ccc(C(=O)Nc2ccc3nn(-c4ccc(N(C)C)cc4)nc3c2)cc1. The van der Waals surface area contributed by atoms with E-state index in [1.165, 1.54) is 0 Å². The molecule has 0 saturated carbocycles. The van der Waals surface area contributed by atoms with Gasteiger partial charge in [-0.1, -0.05) is 17.7 Å². The van der Waals surface area contributed by atoms with E-state index >= 15 is 0 Å². The average Bonchev–Trinajstić information content (AvgIpc) is 3.12. The van der Waals surface area contributed by atoms with E-state index in [-0.39, 0.29) is 5.91 Å². The summed E-state index contributed by atoms with van der Waals surface area (Å²) < 4.78 is 0. The van der Waals surface area contributed by atoms with Crippen molar-refractivity contribution in [3.8, 4) is 5.69 Å². The molecule has 0 atom stereocenters. The molecule has 0 saturated heterocycles. The fourth-order valence-electron chi connectivity index (χ4n) is 2.90. The Morgan fingerprint density at radius 3 is 2.25 bits per heavy atom. The second kappa shape index (κ2) is 7.15. The van der Waals surface area contributed by atoms with Crippen molar-refractivity contribution in [3.05, 3.63) is 77.9 Å². The van der Waals surface area contributed by atoms with Crippen LogP contribution in [0.15, 0.2) is 66.7 Å². The van der Waals surface area contributed by atoms with Gasteiger partial charge in [0.15, 0.2) is 0 Å². The lowest BCUT2D eigenvalue weighted by Gasteiger charge is -2.12. The van der Waals surface area contributed by atoms with Gasteiger partial charge in [0, 0.05) is 31.0 Å². The zero-order valence-electron chi connectivity index (χ0n) is 16.0. The standard InChI is InChI=1S/C22H21N5O/c1-15-4-6-16(7-5-15)22(28)23-17-8-13-20-21(14-17)25-27(24-20)19-11-9-18(10-12-19)26(2)3/h4-14H,1-3H3,(H,23,28). The fourth-order valence-corrected chi connectivity index (χ4v) is 2.90. The van der Waals surface area contributed by atoms with Crippen LogP contribution in [0.1, 0.15) is 15.9 Å². The topological polar surface area (TPSA) is 63.1 Å². The Morgan fingerprint density at radius 1 is 0.893 bits per heavy atom. The quantitative estimate of drug-likeness (QED) is 0.588. The van der Waals surface area contributed by atoms with Crippen molar-refractivity contribution in [1.82, 2.24) is 15.0 Å². The zero-order valence-corrected chi connectivity index (χ0v) is 16.0. The van der Waals surface area contributed by atoms with E-state index in [0.717, 1.165) is 28.0 Å². The van der Waals surface area contributed by atoms with Crippen molar-refractivity contribution in [1.29, 1.82) is 0 Å². The molecule has 140 valence electrons. The highest BCUT2D eigenvalue weighted by Crippen LogP contribution is 2.20. The summed E-state index contributed by atoms with van der Waals surface area (Å²) in [6.45, 7) is 1.99. The number of carbonyl (C=O) groups excluding carboxylic acids is 1. The van der Waals surface area contributed by atoms with Gasteiger partial charge in [0.25, 0.3) is 5.91 Å². The van der Waals surface area contributed by atoms with Crippen molar-refractivity contribution < 1.29 is 4.79 Å². The van der Waals surface area contributed by atoms with Gasteiger partial charge in [-0.25, -0.2) is 0 Å². The lowest BCUT2D eigenvalue weighted by atomic mass is 10.1. The molecule has 6 heteroatoms. The lowest BCUT2D eigenvalue weighted by Crippen LogP contribution is -2.11. The molecule has 28 heavy (non-hydrogen) atoms. The number of hydrogen-bond donors (Lipinski definition) is 1. The van der Waals surface area contributed by atoms with Crippen LogP contribution in [0.5, 0.6) is 0 Å². The van der Waals surface area contributed by atoms with Gasteiger partial charge < -0.3 is 10.2 Å². The Bertz CT molecular complexity index is 1130. The summed E-state index contributed by atoms with van der Waals surface area (Å²) in [6.07, 6.45) is 0. The van der Waals surface area contributed by atoms with Crippen LogP contribution in [-0.4, -0.2) is 35.0 Å². The predicted molar refractivity (Wildman–Crippen MR) is 112 cm³/mol. The van der Waals surface area contributed by atoms with Crippen molar-refractivity contribution in [2.75, 3.05) is 24.3 Å². The summed E-state index contributed by atoms with van der Waals surface area (Å²) in [6, 6.07) is 21.0. The summed E-state index contributed by atoms with van der Waals surface area (Å²) in [5, 5.41) is 12.0. The third kappa shape index (κ3) is 3.57. The largest absolute Gasteiger partial charge is 0.378 e. The Morgan fingerprint density at radius 2 is 1.57 bits per heavy atom. The molecule has 0 unspecified atom stereocenters. The smallest absolute Gasteiger partial charge is 0.255 e. The Hall–Kier alpha value is -3.67. The van der Waals surface area contributed by atoms with Gasteiger partial charge in [-0.15, -0.1) is 10.2 Å². The van der Waals surface area contributed by atoms with Gasteiger partial charge in [0.05, 0.1) is 5.69 Å². The number of benzene rings is 3. The van der Waals surface area contributed by atoms with Crippen LogP contribution in [0, 0.1) is 6.92 Å². The molecule has 0 spiro atoms. The summed E-state index contributed by atoms with van der Waals surface area (Å²) in [7, 11) is 4.00. The minimum absolute atomic E-state index is 0.147. The highest BCUT2D eigenvalue weighted by atomic mass is 16.1.